The summed E-state index contributed by atoms with van der Waals surface area (Å²) in [7, 11) is 2.08. The van der Waals surface area contributed by atoms with Crippen molar-refractivity contribution in [3.05, 3.63) is 54.4 Å². The highest BCUT2D eigenvalue weighted by atomic mass is 16.5. The van der Waals surface area contributed by atoms with Gasteiger partial charge in [-0.05, 0) is 43.9 Å². The zero-order chi connectivity index (χ0) is 20.2. The minimum Gasteiger partial charge on any atom is -0.492 e. The zero-order valence-electron chi connectivity index (χ0n) is 16.8. The van der Waals surface area contributed by atoms with Crippen LogP contribution in [0.1, 0.15) is 17.4 Å². The van der Waals surface area contributed by atoms with Gasteiger partial charge in [-0.3, -0.25) is 14.5 Å². The second kappa shape index (κ2) is 8.45. The van der Waals surface area contributed by atoms with Gasteiger partial charge in [0.15, 0.2) is 0 Å². The lowest BCUT2D eigenvalue weighted by Gasteiger charge is -2.14. The van der Waals surface area contributed by atoms with Gasteiger partial charge in [0.25, 0.3) is 5.91 Å². The van der Waals surface area contributed by atoms with Gasteiger partial charge in [-0.15, -0.1) is 0 Å². The van der Waals surface area contributed by atoms with E-state index in [2.05, 4.69) is 34.3 Å². The molecule has 0 bridgehead atoms. The molecule has 0 aliphatic carbocycles. The van der Waals surface area contributed by atoms with Crippen LogP contribution in [0, 0.1) is 0 Å². The van der Waals surface area contributed by atoms with Crippen LogP contribution in [-0.2, 0) is 6.54 Å². The van der Waals surface area contributed by atoms with Crippen LogP contribution in [0.3, 0.4) is 0 Å². The second-order valence-electron chi connectivity index (χ2n) is 7.10. The topological polar surface area (TPSA) is 72.3 Å². The van der Waals surface area contributed by atoms with Gasteiger partial charge in [0, 0.05) is 30.4 Å². The molecule has 3 aromatic rings. The molecule has 7 heteroatoms. The number of nitrogens with zero attached hydrogens (tertiary/aromatic N) is 4. The van der Waals surface area contributed by atoms with E-state index in [-0.39, 0.29) is 5.91 Å². The van der Waals surface area contributed by atoms with Crippen LogP contribution < -0.4 is 10.1 Å². The van der Waals surface area contributed by atoms with Crippen LogP contribution in [0.15, 0.2) is 48.7 Å². The molecule has 1 N–H and O–H groups in total. The lowest BCUT2D eigenvalue weighted by Crippen LogP contribution is -2.35. The van der Waals surface area contributed by atoms with E-state index in [0.717, 1.165) is 41.4 Å². The number of nitrogens with one attached hydrogen (secondary N) is 1. The molecule has 0 saturated heterocycles. The maximum absolute atomic E-state index is 12.0. The number of rotatable bonds is 7. The summed E-state index contributed by atoms with van der Waals surface area (Å²) in [6, 6.07) is 13.7. The summed E-state index contributed by atoms with van der Waals surface area (Å²) < 4.78 is 7.65. The molecule has 1 amide bonds. The van der Waals surface area contributed by atoms with Crippen molar-refractivity contribution in [3.63, 3.8) is 0 Å². The zero-order valence-corrected chi connectivity index (χ0v) is 16.8. The molecule has 4 rings (SSSR count). The Kier molecular flexibility index (Phi) is 5.57. The Morgan fingerprint density at radius 2 is 2.03 bits per heavy atom. The van der Waals surface area contributed by atoms with Gasteiger partial charge in [-0.25, -0.2) is 0 Å². The molecule has 150 valence electrons. The molecular weight excluding hydrogens is 366 g/mol. The van der Waals surface area contributed by atoms with Crippen LogP contribution in [-0.4, -0.2) is 58.9 Å². The number of carbonyl (C=O) groups excluding carboxylic acids is 1. The Bertz CT molecular complexity index is 1010. The average molecular weight is 391 g/mol. The molecule has 1 aliphatic rings. The first-order valence-corrected chi connectivity index (χ1v) is 9.88. The van der Waals surface area contributed by atoms with E-state index >= 15 is 0 Å². The maximum Gasteiger partial charge on any atom is 0.269 e. The summed E-state index contributed by atoms with van der Waals surface area (Å²) in [5.41, 5.74) is 4.12. The molecule has 0 unspecified atom stereocenters. The van der Waals surface area contributed by atoms with E-state index in [1.54, 1.807) is 10.9 Å². The number of ether oxygens (including phenoxy) is 1. The minimum absolute atomic E-state index is 0.0807. The highest BCUT2D eigenvalue weighted by Gasteiger charge is 2.20. The molecule has 0 fully saturated rings. The third-order valence-electron chi connectivity index (χ3n) is 5.09. The van der Waals surface area contributed by atoms with Crippen molar-refractivity contribution < 1.29 is 9.53 Å². The first-order chi connectivity index (χ1) is 14.1. The molecule has 1 aromatic carbocycles. The summed E-state index contributed by atoms with van der Waals surface area (Å²) in [6.45, 7) is 5.94. The smallest absolute Gasteiger partial charge is 0.269 e. The summed E-state index contributed by atoms with van der Waals surface area (Å²) in [5, 5.41) is 7.43. The van der Waals surface area contributed by atoms with Crippen molar-refractivity contribution in [2.24, 2.45) is 0 Å². The minimum atomic E-state index is -0.0807. The van der Waals surface area contributed by atoms with E-state index in [9.17, 15) is 4.79 Å². The fourth-order valence-electron chi connectivity index (χ4n) is 3.25. The molecule has 2 aromatic heterocycles. The second-order valence-corrected chi connectivity index (χ2v) is 7.10. The number of carbonyl (C=O) groups is 1. The highest BCUT2D eigenvalue weighted by molar-refractivity contribution is 5.94. The number of hydrogen-bond acceptors (Lipinski definition) is 5. The lowest BCUT2D eigenvalue weighted by molar-refractivity contribution is 0.0924. The Balaban J connectivity index is 1.55. The Morgan fingerprint density at radius 3 is 2.86 bits per heavy atom. The van der Waals surface area contributed by atoms with E-state index in [1.807, 2.05) is 42.5 Å². The van der Waals surface area contributed by atoms with E-state index in [1.165, 1.54) is 0 Å². The number of aromatic nitrogens is 3. The number of hydrogen-bond donors (Lipinski definition) is 1. The van der Waals surface area contributed by atoms with Crippen LogP contribution in [0.5, 0.6) is 5.75 Å². The number of pyridine rings is 1. The van der Waals surface area contributed by atoms with Crippen molar-refractivity contribution >= 4 is 5.91 Å². The van der Waals surface area contributed by atoms with E-state index < -0.39 is 0 Å². The summed E-state index contributed by atoms with van der Waals surface area (Å²) in [6.07, 6.45) is 1.77. The molecule has 29 heavy (non-hydrogen) atoms. The quantitative estimate of drug-likeness (QED) is 0.670. The van der Waals surface area contributed by atoms with Gasteiger partial charge in [-0.2, -0.15) is 5.10 Å². The third kappa shape index (κ3) is 4.30. The first-order valence-electron chi connectivity index (χ1n) is 9.88. The van der Waals surface area contributed by atoms with Crippen molar-refractivity contribution in [1.82, 2.24) is 25.0 Å². The SMILES string of the molecule is CCN(C)CCOc1cccc(-c2cc(-c3cc4n(n3)CCNC4=O)ccn2)c1. The molecule has 0 radical (unpaired) electrons. The largest absolute Gasteiger partial charge is 0.492 e. The summed E-state index contributed by atoms with van der Waals surface area (Å²) in [4.78, 5) is 18.7. The molecule has 0 atom stereocenters. The predicted molar refractivity (Wildman–Crippen MR) is 112 cm³/mol. The molecule has 3 heterocycles. The lowest BCUT2D eigenvalue weighted by atomic mass is 10.1. The first kappa shape index (κ1) is 19.1. The van der Waals surface area contributed by atoms with Crippen LogP contribution in [0.4, 0.5) is 0 Å². The van der Waals surface area contributed by atoms with Crippen molar-refractivity contribution in [1.29, 1.82) is 0 Å². The van der Waals surface area contributed by atoms with Crippen LogP contribution >= 0.6 is 0 Å². The van der Waals surface area contributed by atoms with Gasteiger partial charge < -0.3 is 15.0 Å². The fourth-order valence-corrected chi connectivity index (χ4v) is 3.25. The monoisotopic (exact) mass is 391 g/mol. The standard InChI is InChI=1S/C22H25N5O2/c1-3-26(2)11-12-29-18-6-4-5-16(13-18)19-14-17(7-8-23-19)20-15-21-22(28)24-9-10-27(21)25-20/h4-8,13-15H,3,9-12H2,1-2H3,(H,24,28). The van der Waals surface area contributed by atoms with Gasteiger partial charge in [-0.1, -0.05) is 19.1 Å². The third-order valence-corrected chi connectivity index (χ3v) is 5.09. The maximum atomic E-state index is 12.0. The number of likely N-dealkylation sites (N-methyl/N-ethyl adjacent to an activating group) is 1. The van der Waals surface area contributed by atoms with Crippen molar-refractivity contribution in [2.75, 3.05) is 33.3 Å². The van der Waals surface area contributed by atoms with Crippen LogP contribution in [0.25, 0.3) is 22.5 Å². The number of amides is 1. The Morgan fingerprint density at radius 1 is 1.17 bits per heavy atom. The Labute approximate surface area is 170 Å². The number of benzene rings is 1. The van der Waals surface area contributed by atoms with Gasteiger partial charge >= 0.3 is 0 Å². The molecular formula is C22H25N5O2. The van der Waals surface area contributed by atoms with Gasteiger partial charge in [0.1, 0.15) is 18.1 Å². The normalized spacial score (nSPS) is 13.3. The van der Waals surface area contributed by atoms with Crippen LogP contribution in [0.2, 0.25) is 0 Å². The Hall–Kier alpha value is -3.19. The highest BCUT2D eigenvalue weighted by Crippen LogP contribution is 2.27. The number of fused-ring (bicyclic) bond motifs is 1. The summed E-state index contributed by atoms with van der Waals surface area (Å²) in [5.74, 6) is 0.746. The van der Waals surface area contributed by atoms with Crippen molar-refractivity contribution in [2.45, 2.75) is 13.5 Å². The molecule has 0 spiro atoms. The average Bonchev–Trinajstić information content (AvgIpc) is 3.20. The molecule has 7 nitrogen and oxygen atoms in total. The molecule has 0 saturated carbocycles. The van der Waals surface area contributed by atoms with E-state index in [4.69, 9.17) is 4.74 Å². The van der Waals surface area contributed by atoms with Gasteiger partial charge in [0.05, 0.1) is 17.9 Å². The summed E-state index contributed by atoms with van der Waals surface area (Å²) >= 11 is 0. The predicted octanol–water partition coefficient (Wildman–Crippen LogP) is 2.69. The van der Waals surface area contributed by atoms with Gasteiger partial charge in [0.2, 0.25) is 0 Å². The van der Waals surface area contributed by atoms with Crippen molar-refractivity contribution in [3.8, 4) is 28.3 Å². The molecule has 1 aliphatic heterocycles. The van der Waals surface area contributed by atoms with E-state index in [0.29, 0.717) is 25.4 Å². The fraction of sp³-hybridized carbons (Fsp3) is 0.318.